The van der Waals surface area contributed by atoms with Crippen LogP contribution in [0, 0.1) is 5.21 Å². The second kappa shape index (κ2) is 2.55. The van der Waals surface area contributed by atoms with Crippen molar-refractivity contribution < 1.29 is 4.74 Å². The quantitative estimate of drug-likeness (QED) is 0.660. The molecule has 2 rings (SSSR count). The van der Waals surface area contributed by atoms with E-state index < -0.39 is 0 Å². The summed E-state index contributed by atoms with van der Waals surface area (Å²) in [4.78, 5) is 3.87. The second-order valence-corrected chi connectivity index (χ2v) is 2.65. The Kier molecular flexibility index (Phi) is 1.51. The third kappa shape index (κ3) is 1.05. The van der Waals surface area contributed by atoms with Crippen molar-refractivity contribution in [1.82, 2.24) is 9.71 Å². The Bertz CT molecular complexity index is 450. The molecule has 0 aliphatic carbocycles. The van der Waals surface area contributed by atoms with Crippen LogP contribution in [0.15, 0.2) is 18.5 Å². The Hall–Kier alpha value is -1.91. The molecule has 1 heterocycles. The van der Waals surface area contributed by atoms with Gasteiger partial charge in [-0.05, 0) is 6.07 Å². The van der Waals surface area contributed by atoms with E-state index >= 15 is 0 Å². The molecule has 0 bridgehead atoms. The summed E-state index contributed by atoms with van der Waals surface area (Å²) in [5, 5.41) is 11.1. The van der Waals surface area contributed by atoms with Gasteiger partial charge >= 0.3 is 0 Å². The fourth-order valence-electron chi connectivity index (χ4n) is 1.21. The second-order valence-electron chi connectivity index (χ2n) is 2.65. The topological polar surface area (TPSA) is 76.1 Å². The number of anilines is 1. The highest BCUT2D eigenvalue weighted by Gasteiger charge is 2.03. The van der Waals surface area contributed by atoms with Crippen LogP contribution in [0.1, 0.15) is 0 Å². The Morgan fingerprint density at radius 1 is 1.54 bits per heavy atom. The van der Waals surface area contributed by atoms with E-state index in [1.165, 1.54) is 13.4 Å². The fourth-order valence-corrected chi connectivity index (χ4v) is 1.21. The Labute approximate surface area is 74.3 Å². The summed E-state index contributed by atoms with van der Waals surface area (Å²) in [5.74, 6) is 0.491. The normalized spacial score (nSPS) is 10.5. The zero-order chi connectivity index (χ0) is 9.42. The number of rotatable bonds is 1. The molecule has 2 N–H and O–H groups in total. The van der Waals surface area contributed by atoms with Crippen LogP contribution < -0.4 is 10.5 Å². The minimum atomic E-state index is 0.464. The number of ether oxygens (including phenoxy) is 1. The highest BCUT2D eigenvalue weighted by atomic mass is 16.5. The molecule has 0 aliphatic rings. The summed E-state index contributed by atoms with van der Waals surface area (Å²) >= 11 is 0. The smallest absolute Gasteiger partial charge is 0.143 e. The first-order valence-corrected chi connectivity index (χ1v) is 3.70. The van der Waals surface area contributed by atoms with E-state index in [0.717, 1.165) is 0 Å². The molecule has 0 saturated carbocycles. The Morgan fingerprint density at radius 2 is 2.31 bits per heavy atom. The molecule has 13 heavy (non-hydrogen) atoms. The molecule has 0 radical (unpaired) electrons. The van der Waals surface area contributed by atoms with E-state index in [0.29, 0.717) is 27.2 Å². The Balaban J connectivity index is 2.77. The maximum absolute atomic E-state index is 11.1. The van der Waals surface area contributed by atoms with Gasteiger partial charge in [-0.15, -0.1) is 0 Å². The molecule has 0 saturated heterocycles. The molecular formula is C8H8N3O2-. The van der Waals surface area contributed by atoms with Crippen molar-refractivity contribution in [3.05, 3.63) is 23.7 Å². The number of nitrogens with two attached hydrogens (primary N) is 1. The molecule has 0 amide bonds. The lowest BCUT2D eigenvalue weighted by Gasteiger charge is -2.08. The van der Waals surface area contributed by atoms with Crippen molar-refractivity contribution in [3.8, 4) is 5.75 Å². The van der Waals surface area contributed by atoms with E-state index in [1.807, 2.05) is 0 Å². The standard InChI is InChI=1S/C8H8N3O2/c1-13-8-3-7-6(2-5(8)9)10-4-11(7)12/h2-4H,9H2,1H3/q-1. The zero-order valence-electron chi connectivity index (χ0n) is 7.02. The number of imidazole rings is 1. The van der Waals surface area contributed by atoms with Crippen LogP contribution >= 0.6 is 0 Å². The van der Waals surface area contributed by atoms with Crippen LogP contribution in [0.4, 0.5) is 5.69 Å². The summed E-state index contributed by atoms with van der Waals surface area (Å²) in [5.41, 5.74) is 7.15. The van der Waals surface area contributed by atoms with E-state index in [1.54, 1.807) is 12.1 Å². The lowest BCUT2D eigenvalue weighted by atomic mass is 10.2. The van der Waals surface area contributed by atoms with Crippen LogP contribution in [0.3, 0.4) is 0 Å². The summed E-state index contributed by atoms with van der Waals surface area (Å²) < 4.78 is 5.65. The average Bonchev–Trinajstić information content (AvgIpc) is 2.46. The fraction of sp³-hybridized carbons (Fsp3) is 0.125. The first-order valence-electron chi connectivity index (χ1n) is 3.70. The van der Waals surface area contributed by atoms with Crippen LogP contribution in [0.2, 0.25) is 0 Å². The molecule has 1 aromatic carbocycles. The van der Waals surface area contributed by atoms with Gasteiger partial charge in [-0.25, -0.2) is 4.98 Å². The molecular weight excluding hydrogens is 170 g/mol. The summed E-state index contributed by atoms with van der Waals surface area (Å²) in [7, 11) is 1.50. The molecule has 1 aromatic heterocycles. The van der Waals surface area contributed by atoms with Crippen molar-refractivity contribution in [3.63, 3.8) is 0 Å². The van der Waals surface area contributed by atoms with Crippen LogP contribution in [0.25, 0.3) is 11.0 Å². The van der Waals surface area contributed by atoms with Gasteiger partial charge in [0.05, 0.1) is 30.2 Å². The maximum atomic E-state index is 11.1. The van der Waals surface area contributed by atoms with Crippen LogP contribution in [0.5, 0.6) is 5.75 Å². The van der Waals surface area contributed by atoms with Gasteiger partial charge < -0.3 is 20.4 Å². The van der Waals surface area contributed by atoms with E-state index in [9.17, 15) is 5.21 Å². The minimum Gasteiger partial charge on any atom is -0.805 e. The molecule has 0 fully saturated rings. The monoisotopic (exact) mass is 178 g/mol. The average molecular weight is 178 g/mol. The number of nitrogens with zero attached hydrogens (tertiary/aromatic N) is 2. The van der Waals surface area contributed by atoms with Crippen LogP contribution in [-0.2, 0) is 0 Å². The number of hydrogen-bond donors (Lipinski definition) is 1. The summed E-state index contributed by atoms with van der Waals surface area (Å²) in [6, 6.07) is 3.19. The SMILES string of the molecule is COc1cc2c(cc1N)ncn2[O-]. The number of nitrogen functional groups attached to an aromatic ring is 1. The molecule has 5 heteroatoms. The molecule has 5 nitrogen and oxygen atoms in total. The van der Waals surface area contributed by atoms with Crippen molar-refractivity contribution in [2.75, 3.05) is 12.8 Å². The summed E-state index contributed by atoms with van der Waals surface area (Å²) in [6.07, 6.45) is 1.20. The van der Waals surface area contributed by atoms with Gasteiger partial charge in [-0.2, -0.15) is 0 Å². The van der Waals surface area contributed by atoms with Gasteiger partial charge in [-0.3, -0.25) is 0 Å². The third-order valence-electron chi connectivity index (χ3n) is 1.87. The first kappa shape index (κ1) is 7.72. The highest BCUT2D eigenvalue weighted by Crippen LogP contribution is 2.26. The lowest BCUT2D eigenvalue weighted by molar-refractivity contribution is 0.417. The molecule has 0 atom stereocenters. The highest BCUT2D eigenvalue weighted by molar-refractivity contribution is 5.82. The largest absolute Gasteiger partial charge is 0.805 e. The predicted molar refractivity (Wildman–Crippen MR) is 49.5 cm³/mol. The number of benzene rings is 1. The van der Waals surface area contributed by atoms with Crippen molar-refractivity contribution in [2.45, 2.75) is 0 Å². The summed E-state index contributed by atoms with van der Waals surface area (Å²) in [6.45, 7) is 0. The number of hydrogen-bond acceptors (Lipinski definition) is 4. The van der Waals surface area contributed by atoms with Gasteiger partial charge in [-0.1, -0.05) is 0 Å². The van der Waals surface area contributed by atoms with Crippen molar-refractivity contribution in [1.29, 1.82) is 0 Å². The minimum absolute atomic E-state index is 0.464. The third-order valence-corrected chi connectivity index (χ3v) is 1.87. The molecule has 0 spiro atoms. The zero-order valence-corrected chi connectivity index (χ0v) is 7.02. The van der Waals surface area contributed by atoms with E-state index in [-0.39, 0.29) is 0 Å². The molecule has 2 aromatic rings. The maximum Gasteiger partial charge on any atom is 0.143 e. The number of aromatic nitrogens is 2. The van der Waals surface area contributed by atoms with Crippen LogP contribution in [-0.4, -0.2) is 16.8 Å². The van der Waals surface area contributed by atoms with Gasteiger partial charge in [0.15, 0.2) is 0 Å². The molecule has 0 unspecified atom stereocenters. The van der Waals surface area contributed by atoms with Crippen molar-refractivity contribution >= 4 is 16.7 Å². The van der Waals surface area contributed by atoms with E-state index in [4.69, 9.17) is 10.5 Å². The number of methoxy groups -OCH3 is 1. The molecule has 0 aliphatic heterocycles. The first-order chi connectivity index (χ1) is 6.22. The van der Waals surface area contributed by atoms with Gasteiger partial charge in [0, 0.05) is 6.07 Å². The predicted octanol–water partition coefficient (Wildman–Crippen LogP) is 0.973. The number of fused-ring (bicyclic) bond motifs is 1. The van der Waals surface area contributed by atoms with Gasteiger partial charge in [0.1, 0.15) is 5.75 Å². The van der Waals surface area contributed by atoms with Crippen molar-refractivity contribution in [2.24, 2.45) is 0 Å². The van der Waals surface area contributed by atoms with Gasteiger partial charge in [0.2, 0.25) is 0 Å². The van der Waals surface area contributed by atoms with Gasteiger partial charge in [0.25, 0.3) is 0 Å². The van der Waals surface area contributed by atoms with E-state index in [2.05, 4.69) is 4.98 Å². The molecule has 68 valence electrons. The lowest BCUT2D eigenvalue weighted by Crippen LogP contribution is -1.92. The Morgan fingerprint density at radius 3 is 3.00 bits per heavy atom.